The largest absolute Gasteiger partial charge is 0.500 e. The number of hydrogen-bond acceptors (Lipinski definition) is 8. The fourth-order valence-corrected chi connectivity index (χ4v) is 6.21. The van der Waals surface area contributed by atoms with Crippen molar-refractivity contribution in [2.45, 2.75) is 31.9 Å². The molecule has 0 fully saturated rings. The first-order valence-electron chi connectivity index (χ1n) is 9.02. The Morgan fingerprint density at radius 2 is 1.07 bits per heavy atom. The van der Waals surface area contributed by atoms with Crippen LogP contribution in [0, 0.1) is 0 Å². The summed E-state index contributed by atoms with van der Waals surface area (Å²) < 4.78 is 32.8. The molecule has 0 rings (SSSR count). The molecule has 1 amide bonds. The normalized spacial score (nSPS) is 12.6. The van der Waals surface area contributed by atoms with E-state index in [9.17, 15) is 4.79 Å². The van der Waals surface area contributed by atoms with Crippen molar-refractivity contribution in [2.75, 3.05) is 69.5 Å². The molecule has 0 saturated carbocycles. The highest BCUT2D eigenvalue weighted by molar-refractivity contribution is 6.60. The van der Waals surface area contributed by atoms with Crippen molar-refractivity contribution in [1.82, 2.24) is 9.80 Å². The van der Waals surface area contributed by atoms with Crippen LogP contribution in [0.1, 0.15) is 19.8 Å². The van der Waals surface area contributed by atoms with Crippen LogP contribution < -0.4 is 0 Å². The van der Waals surface area contributed by atoms with Gasteiger partial charge >= 0.3 is 17.6 Å². The van der Waals surface area contributed by atoms with E-state index in [2.05, 4.69) is 4.90 Å². The first-order chi connectivity index (χ1) is 12.8. The summed E-state index contributed by atoms with van der Waals surface area (Å²) >= 11 is 0. The molecule has 0 radical (unpaired) electrons. The SMILES string of the molecule is CO[Si](CCCN(CCC[Si](OC)(OC)OC)CN(C)C(C)=O)(OC)OC. The summed E-state index contributed by atoms with van der Waals surface area (Å²) in [5, 5.41) is 0. The van der Waals surface area contributed by atoms with Gasteiger partial charge < -0.3 is 31.5 Å². The molecule has 0 aromatic rings. The molecule has 0 aliphatic carbocycles. The number of rotatable bonds is 16. The Morgan fingerprint density at radius 3 is 1.33 bits per heavy atom. The Hall–Kier alpha value is -0.376. The van der Waals surface area contributed by atoms with Crippen molar-refractivity contribution < 1.29 is 31.4 Å². The summed E-state index contributed by atoms with van der Waals surface area (Å²) in [4.78, 5) is 15.5. The molecule has 0 aromatic heterocycles. The van der Waals surface area contributed by atoms with Gasteiger partial charge in [0.05, 0.1) is 6.67 Å². The Morgan fingerprint density at radius 1 is 0.741 bits per heavy atom. The molecule has 0 aliphatic rings. The van der Waals surface area contributed by atoms with E-state index in [1.807, 2.05) is 0 Å². The molecule has 0 saturated heterocycles. The van der Waals surface area contributed by atoms with Gasteiger partial charge in [-0.15, -0.1) is 0 Å². The Kier molecular flexibility index (Phi) is 13.6. The minimum Gasteiger partial charge on any atom is -0.377 e. The molecule has 0 aromatic carbocycles. The van der Waals surface area contributed by atoms with E-state index in [1.54, 1.807) is 61.5 Å². The third kappa shape index (κ3) is 9.11. The maximum absolute atomic E-state index is 11.6. The lowest BCUT2D eigenvalue weighted by Gasteiger charge is -2.30. The maximum atomic E-state index is 11.6. The molecular weight excluding hydrogens is 388 g/mol. The van der Waals surface area contributed by atoms with Gasteiger partial charge in [0.25, 0.3) is 0 Å². The Bertz CT molecular complexity index is 368. The lowest BCUT2D eigenvalue weighted by atomic mass is 10.3. The molecule has 0 bridgehead atoms. The minimum atomic E-state index is -2.58. The predicted octanol–water partition coefficient (Wildman–Crippen LogP) is 1.26. The van der Waals surface area contributed by atoms with Crippen molar-refractivity contribution >= 4 is 23.5 Å². The van der Waals surface area contributed by atoms with Gasteiger partial charge in [0.1, 0.15) is 0 Å². The predicted molar refractivity (Wildman–Crippen MR) is 107 cm³/mol. The number of hydrogen-bond donors (Lipinski definition) is 0. The fourth-order valence-electron chi connectivity index (χ4n) is 2.80. The van der Waals surface area contributed by atoms with Crippen LogP contribution in [0.4, 0.5) is 0 Å². The van der Waals surface area contributed by atoms with Gasteiger partial charge in [-0.2, -0.15) is 0 Å². The lowest BCUT2D eigenvalue weighted by molar-refractivity contribution is -0.129. The van der Waals surface area contributed by atoms with E-state index >= 15 is 0 Å². The number of carbonyl (C=O) groups is 1. The van der Waals surface area contributed by atoms with Gasteiger partial charge in [0.2, 0.25) is 5.91 Å². The van der Waals surface area contributed by atoms with Crippen LogP contribution >= 0.6 is 0 Å². The van der Waals surface area contributed by atoms with E-state index in [0.717, 1.165) is 25.9 Å². The lowest BCUT2D eigenvalue weighted by Crippen LogP contribution is -2.45. The van der Waals surface area contributed by atoms with Gasteiger partial charge in [-0.05, 0) is 25.9 Å². The van der Waals surface area contributed by atoms with Crippen LogP contribution in [0.25, 0.3) is 0 Å². The van der Waals surface area contributed by atoms with E-state index in [-0.39, 0.29) is 5.91 Å². The van der Waals surface area contributed by atoms with E-state index in [1.165, 1.54) is 0 Å². The van der Waals surface area contributed by atoms with E-state index in [4.69, 9.17) is 26.6 Å². The van der Waals surface area contributed by atoms with Crippen molar-refractivity contribution in [3.63, 3.8) is 0 Å². The summed E-state index contributed by atoms with van der Waals surface area (Å²) in [5.41, 5.74) is 0. The first-order valence-corrected chi connectivity index (χ1v) is 12.9. The van der Waals surface area contributed by atoms with Crippen LogP contribution in [0.15, 0.2) is 0 Å². The van der Waals surface area contributed by atoms with Crippen molar-refractivity contribution in [1.29, 1.82) is 0 Å². The van der Waals surface area contributed by atoms with Gasteiger partial charge in [0, 0.05) is 68.7 Å². The van der Waals surface area contributed by atoms with Crippen molar-refractivity contribution in [3.05, 3.63) is 0 Å². The first kappa shape index (κ1) is 26.6. The van der Waals surface area contributed by atoms with Gasteiger partial charge in [-0.25, -0.2) is 0 Å². The van der Waals surface area contributed by atoms with Gasteiger partial charge in [-0.3, -0.25) is 9.69 Å². The average molecular weight is 427 g/mol. The van der Waals surface area contributed by atoms with E-state index < -0.39 is 17.6 Å². The molecule has 0 aliphatic heterocycles. The molecule has 0 spiro atoms. The zero-order chi connectivity index (χ0) is 20.9. The average Bonchev–Trinajstić information content (AvgIpc) is 2.69. The zero-order valence-corrected chi connectivity index (χ0v) is 20.2. The standard InChI is InChI=1S/C16H38N2O7Si2/c1-16(19)17(2)15-18(11-9-13-26(20-3,21-4)22-5)12-10-14-27(23-6,24-7)25-8/h9-15H2,1-8H3. The van der Waals surface area contributed by atoms with Crippen molar-refractivity contribution in [3.8, 4) is 0 Å². The molecule has 9 nitrogen and oxygen atoms in total. The quantitative estimate of drug-likeness (QED) is 0.270. The molecule has 0 atom stereocenters. The summed E-state index contributed by atoms with van der Waals surface area (Å²) in [5.74, 6) is 0.0313. The highest BCUT2D eigenvalue weighted by Gasteiger charge is 2.38. The van der Waals surface area contributed by atoms with Crippen LogP contribution in [-0.2, 0) is 31.4 Å². The summed E-state index contributed by atoms with van der Waals surface area (Å²) in [6.45, 7) is 3.71. The second kappa shape index (κ2) is 13.7. The van der Waals surface area contributed by atoms with Crippen LogP contribution in [-0.4, -0.2) is 103 Å². The van der Waals surface area contributed by atoms with Gasteiger partial charge in [0.15, 0.2) is 0 Å². The maximum Gasteiger partial charge on any atom is 0.500 e. The molecule has 162 valence electrons. The topological polar surface area (TPSA) is 78.9 Å². The van der Waals surface area contributed by atoms with Crippen LogP contribution in [0.3, 0.4) is 0 Å². The zero-order valence-electron chi connectivity index (χ0n) is 18.2. The van der Waals surface area contributed by atoms with Crippen LogP contribution in [0.2, 0.25) is 12.1 Å². The van der Waals surface area contributed by atoms with E-state index in [0.29, 0.717) is 18.8 Å². The molecule has 0 unspecified atom stereocenters. The summed E-state index contributed by atoms with van der Waals surface area (Å²) in [6.07, 6.45) is 1.68. The summed E-state index contributed by atoms with van der Waals surface area (Å²) in [6, 6.07) is 1.42. The Labute approximate surface area is 166 Å². The van der Waals surface area contributed by atoms with Gasteiger partial charge in [-0.1, -0.05) is 0 Å². The molecule has 0 N–H and O–H groups in total. The number of amides is 1. The monoisotopic (exact) mass is 426 g/mol. The smallest absolute Gasteiger partial charge is 0.377 e. The third-order valence-electron chi connectivity index (χ3n) is 4.73. The highest BCUT2D eigenvalue weighted by Crippen LogP contribution is 2.18. The molecule has 11 heteroatoms. The summed E-state index contributed by atoms with van der Waals surface area (Å²) in [7, 11) is 6.32. The molecule has 0 heterocycles. The second-order valence-electron chi connectivity index (χ2n) is 6.27. The molecule has 27 heavy (non-hydrogen) atoms. The number of carbonyl (C=O) groups excluding carboxylic acids is 1. The fraction of sp³-hybridized carbons (Fsp3) is 0.938. The second-order valence-corrected chi connectivity index (χ2v) is 12.5. The Balaban J connectivity index is 4.76. The van der Waals surface area contributed by atoms with Crippen molar-refractivity contribution in [2.24, 2.45) is 0 Å². The number of nitrogens with zero attached hydrogens (tertiary/aromatic N) is 2. The van der Waals surface area contributed by atoms with Crippen LogP contribution in [0.5, 0.6) is 0 Å². The highest BCUT2D eigenvalue weighted by atomic mass is 28.4. The molecular formula is C16H38N2O7Si2. The third-order valence-corrected chi connectivity index (χ3v) is 10.4. The minimum absolute atomic E-state index is 0.0313.